The summed E-state index contributed by atoms with van der Waals surface area (Å²) in [6.07, 6.45) is -10.3. The van der Waals surface area contributed by atoms with Crippen molar-refractivity contribution in [3.8, 4) is 17.0 Å². The van der Waals surface area contributed by atoms with Gasteiger partial charge in [-0.15, -0.1) is 13.2 Å². The summed E-state index contributed by atoms with van der Waals surface area (Å²) in [5, 5.41) is 10.0. The molecule has 3 N–H and O–H groups in total. The predicted octanol–water partition coefficient (Wildman–Crippen LogP) is 4.38. The number of aliphatic hydroxyl groups is 1. The number of hydrogen-bond donors (Lipinski definition) is 2. The van der Waals surface area contributed by atoms with Gasteiger partial charge in [0.2, 0.25) is 6.10 Å². The number of pyridine rings is 1. The summed E-state index contributed by atoms with van der Waals surface area (Å²) in [6.45, 7) is 0.352. The van der Waals surface area contributed by atoms with Gasteiger partial charge in [0.1, 0.15) is 5.82 Å². The topological polar surface area (TPSA) is 89.4 Å². The van der Waals surface area contributed by atoms with Crippen LogP contribution >= 0.6 is 0 Å². The molecule has 6 rings (SSSR count). The van der Waals surface area contributed by atoms with E-state index in [-0.39, 0.29) is 37.2 Å². The van der Waals surface area contributed by atoms with E-state index in [1.54, 1.807) is 0 Å². The zero-order chi connectivity index (χ0) is 26.3. The van der Waals surface area contributed by atoms with Crippen LogP contribution in [-0.2, 0) is 5.54 Å². The summed E-state index contributed by atoms with van der Waals surface area (Å²) in [7, 11) is 0. The van der Waals surface area contributed by atoms with E-state index in [2.05, 4.69) is 14.7 Å². The quantitative estimate of drug-likeness (QED) is 0.561. The molecule has 0 amide bonds. The number of nitrogen functional groups attached to an aromatic ring is 1. The molecule has 3 aliphatic carbocycles. The van der Waals surface area contributed by atoms with Gasteiger partial charge in [0.25, 0.3) is 5.92 Å². The number of halogens is 8. The maximum absolute atomic E-state index is 13.5. The molecule has 0 radical (unpaired) electrons. The van der Waals surface area contributed by atoms with E-state index in [0.717, 1.165) is 12.3 Å². The van der Waals surface area contributed by atoms with Crippen LogP contribution in [0, 0.1) is 0 Å². The lowest BCUT2D eigenvalue weighted by molar-refractivity contribution is -0.274. The van der Waals surface area contributed by atoms with E-state index in [9.17, 15) is 40.2 Å². The van der Waals surface area contributed by atoms with E-state index in [1.165, 1.54) is 10.8 Å². The molecule has 2 aromatic rings. The number of nitrogens with zero attached hydrogens (tertiary/aromatic N) is 4. The molecule has 198 valence electrons. The number of piperidine rings is 1. The highest BCUT2D eigenvalue weighted by atomic mass is 19.4. The second-order valence-electron chi connectivity index (χ2n) is 9.78. The summed E-state index contributed by atoms with van der Waals surface area (Å²) < 4.78 is 110. The van der Waals surface area contributed by atoms with Crippen LogP contribution in [0.3, 0.4) is 0 Å². The molecule has 3 saturated carbocycles. The largest absolute Gasteiger partial charge is 0.573 e. The number of imidazole rings is 1. The summed E-state index contributed by atoms with van der Waals surface area (Å²) in [6, 6.07) is 0.851. The van der Waals surface area contributed by atoms with Gasteiger partial charge in [-0.1, -0.05) is 0 Å². The van der Waals surface area contributed by atoms with E-state index in [4.69, 9.17) is 5.73 Å². The third kappa shape index (κ3) is 4.15. The fourth-order valence-electron chi connectivity index (χ4n) is 5.64. The van der Waals surface area contributed by atoms with Crippen LogP contribution < -0.4 is 10.5 Å². The number of anilines is 1. The Labute approximate surface area is 198 Å². The van der Waals surface area contributed by atoms with Gasteiger partial charge < -0.3 is 20.1 Å². The highest BCUT2D eigenvalue weighted by Gasteiger charge is 2.72. The van der Waals surface area contributed by atoms with Crippen molar-refractivity contribution in [2.24, 2.45) is 0 Å². The second kappa shape index (κ2) is 7.66. The number of aromatic nitrogens is 3. The molecule has 4 fully saturated rings. The third-order valence-electron chi connectivity index (χ3n) is 7.34. The van der Waals surface area contributed by atoms with Crippen molar-refractivity contribution in [2.75, 3.05) is 18.8 Å². The minimum Gasteiger partial charge on any atom is -0.402 e. The van der Waals surface area contributed by atoms with E-state index in [1.807, 2.05) is 4.90 Å². The molecule has 15 heteroatoms. The Balaban J connectivity index is 1.45. The first kappa shape index (κ1) is 25.0. The zero-order valence-electron chi connectivity index (χ0n) is 18.5. The molecule has 1 aliphatic heterocycles. The fourth-order valence-corrected chi connectivity index (χ4v) is 5.64. The van der Waals surface area contributed by atoms with Crippen LogP contribution in [0.5, 0.6) is 5.75 Å². The van der Waals surface area contributed by atoms with Crippen LogP contribution in [0.15, 0.2) is 18.5 Å². The standard InChI is InChI=1S/C21H21F8N5O2/c22-19(23)1-3-33(4-2-19)17-8-18(9-17,10-17)34-7-12(32-16(34)14(35)20(24,25)26)11-5-13(15(30)31-6-11)36-21(27,28)29/h5-7,14,35H,1-4,8-10H2,(H2,30,31)/t14-,17?,18?/m1/s1. The molecule has 0 unspecified atom stereocenters. The smallest absolute Gasteiger partial charge is 0.402 e. The van der Waals surface area contributed by atoms with E-state index < -0.39 is 53.0 Å². The molecule has 1 atom stereocenters. The molecule has 2 bridgehead atoms. The first-order chi connectivity index (χ1) is 16.5. The number of aliphatic hydroxyl groups excluding tert-OH is 1. The Morgan fingerprint density at radius 2 is 1.64 bits per heavy atom. The highest BCUT2D eigenvalue weighted by molar-refractivity contribution is 5.64. The van der Waals surface area contributed by atoms with Gasteiger partial charge in [-0.05, 0) is 25.3 Å². The van der Waals surface area contributed by atoms with Crippen LogP contribution in [-0.4, -0.2) is 61.6 Å². The minimum absolute atomic E-state index is 0.0996. The van der Waals surface area contributed by atoms with Crippen LogP contribution in [0.25, 0.3) is 11.3 Å². The molecule has 0 spiro atoms. The monoisotopic (exact) mass is 527 g/mol. The van der Waals surface area contributed by atoms with Gasteiger partial charge in [0.15, 0.2) is 11.6 Å². The Kier molecular flexibility index (Phi) is 5.32. The lowest BCUT2D eigenvalue weighted by Gasteiger charge is -2.75. The Hall–Kier alpha value is -2.68. The summed E-state index contributed by atoms with van der Waals surface area (Å²) in [4.78, 5) is 9.46. The van der Waals surface area contributed by atoms with Crippen molar-refractivity contribution < 1.29 is 45.0 Å². The summed E-state index contributed by atoms with van der Waals surface area (Å²) in [5.41, 5.74) is 3.93. The summed E-state index contributed by atoms with van der Waals surface area (Å²) in [5.74, 6) is -4.88. The molecule has 4 aliphatic rings. The molecule has 1 saturated heterocycles. The zero-order valence-corrected chi connectivity index (χ0v) is 18.5. The van der Waals surface area contributed by atoms with Gasteiger partial charge in [-0.3, -0.25) is 4.90 Å². The van der Waals surface area contributed by atoms with Crippen LogP contribution in [0.1, 0.15) is 44.0 Å². The number of rotatable bonds is 5. The number of nitrogens with two attached hydrogens (primary N) is 1. The number of hydrogen-bond acceptors (Lipinski definition) is 6. The molecular formula is C21H21F8N5O2. The Bertz CT molecular complexity index is 1150. The van der Waals surface area contributed by atoms with Crippen molar-refractivity contribution in [3.05, 3.63) is 24.3 Å². The predicted molar refractivity (Wildman–Crippen MR) is 108 cm³/mol. The van der Waals surface area contributed by atoms with Crippen LogP contribution in [0.4, 0.5) is 40.9 Å². The average molecular weight is 527 g/mol. The van der Waals surface area contributed by atoms with Crippen molar-refractivity contribution in [3.63, 3.8) is 0 Å². The second-order valence-corrected chi connectivity index (χ2v) is 9.78. The molecule has 36 heavy (non-hydrogen) atoms. The van der Waals surface area contributed by atoms with Crippen molar-refractivity contribution in [1.29, 1.82) is 0 Å². The third-order valence-corrected chi connectivity index (χ3v) is 7.34. The molecule has 3 heterocycles. The van der Waals surface area contributed by atoms with Gasteiger partial charge in [0, 0.05) is 49.4 Å². The maximum atomic E-state index is 13.5. The highest BCUT2D eigenvalue weighted by Crippen LogP contribution is 2.69. The van der Waals surface area contributed by atoms with Crippen molar-refractivity contribution in [1.82, 2.24) is 19.4 Å². The van der Waals surface area contributed by atoms with Crippen molar-refractivity contribution in [2.45, 2.75) is 67.7 Å². The average Bonchev–Trinajstić information content (AvgIpc) is 3.11. The van der Waals surface area contributed by atoms with Gasteiger partial charge in [-0.2, -0.15) is 13.2 Å². The Morgan fingerprint density at radius 3 is 2.19 bits per heavy atom. The lowest BCUT2D eigenvalue weighted by Crippen LogP contribution is -2.79. The lowest BCUT2D eigenvalue weighted by atomic mass is 9.43. The normalized spacial score (nSPS) is 28.8. The fraction of sp³-hybridized carbons (Fsp3) is 0.619. The molecule has 0 aromatic carbocycles. The number of ether oxygens (including phenoxy) is 1. The first-order valence-corrected chi connectivity index (χ1v) is 11.0. The van der Waals surface area contributed by atoms with Crippen LogP contribution in [0.2, 0.25) is 0 Å². The SMILES string of the molecule is Nc1ncc(-c2cn(C34CC(N5CCC(F)(F)CC5)(C3)C4)c([C@@H](O)C(F)(F)F)n2)cc1OC(F)(F)F. The van der Waals surface area contributed by atoms with Gasteiger partial charge in [0.05, 0.1) is 11.2 Å². The van der Waals surface area contributed by atoms with E-state index >= 15 is 0 Å². The van der Waals surface area contributed by atoms with Gasteiger partial charge >= 0.3 is 12.5 Å². The molecule has 2 aromatic heterocycles. The van der Waals surface area contributed by atoms with Crippen molar-refractivity contribution >= 4 is 5.82 Å². The molecule has 7 nitrogen and oxygen atoms in total. The van der Waals surface area contributed by atoms with E-state index in [0.29, 0.717) is 19.3 Å². The number of likely N-dealkylation sites (tertiary alicyclic amines) is 1. The Morgan fingerprint density at radius 1 is 1.03 bits per heavy atom. The maximum Gasteiger partial charge on any atom is 0.573 e. The molecular weight excluding hydrogens is 506 g/mol. The summed E-state index contributed by atoms with van der Waals surface area (Å²) >= 11 is 0. The number of alkyl halides is 8. The van der Waals surface area contributed by atoms with Gasteiger partial charge in [-0.25, -0.2) is 18.7 Å². The first-order valence-electron chi connectivity index (χ1n) is 11.0. The minimum atomic E-state index is -5.08.